The second kappa shape index (κ2) is 9.37. The number of benzene rings is 1. The van der Waals surface area contributed by atoms with Gasteiger partial charge in [-0.05, 0) is 49.6 Å². The number of carbonyl (C=O) groups is 2. The summed E-state index contributed by atoms with van der Waals surface area (Å²) in [5, 5.41) is 4.37. The molecule has 36 heavy (non-hydrogen) atoms. The number of halogens is 6. The van der Waals surface area contributed by atoms with Gasteiger partial charge in [0.1, 0.15) is 0 Å². The zero-order valence-corrected chi connectivity index (χ0v) is 18.4. The maximum atomic E-state index is 13.2. The van der Waals surface area contributed by atoms with Crippen LogP contribution in [0.2, 0.25) is 0 Å². The first-order chi connectivity index (χ1) is 16.9. The number of pyridine rings is 1. The van der Waals surface area contributed by atoms with E-state index < -0.39 is 29.9 Å². The Kier molecular flexibility index (Phi) is 6.60. The van der Waals surface area contributed by atoms with Gasteiger partial charge in [0.25, 0.3) is 0 Å². The Hall–Kier alpha value is -3.74. The first-order valence-electron chi connectivity index (χ1n) is 10.7. The summed E-state index contributed by atoms with van der Waals surface area (Å²) in [5.41, 5.74) is 6.41. The normalized spacial score (nSPS) is 13.2. The number of nitrogens with zero attached hydrogens (tertiary/aromatic N) is 3. The molecule has 13 heteroatoms. The zero-order chi connectivity index (χ0) is 26.3. The van der Waals surface area contributed by atoms with E-state index >= 15 is 0 Å². The summed E-state index contributed by atoms with van der Waals surface area (Å²) in [6.45, 7) is 0.260. The van der Waals surface area contributed by atoms with Crippen LogP contribution in [0.25, 0.3) is 22.5 Å². The molecule has 190 valence electrons. The Balaban J connectivity index is 1.79. The van der Waals surface area contributed by atoms with Crippen LogP contribution in [0.5, 0.6) is 0 Å². The van der Waals surface area contributed by atoms with Gasteiger partial charge in [0.05, 0.1) is 17.0 Å². The van der Waals surface area contributed by atoms with Crippen molar-refractivity contribution in [3.63, 3.8) is 0 Å². The monoisotopic (exact) mass is 512 g/mol. The van der Waals surface area contributed by atoms with Crippen molar-refractivity contribution in [2.24, 2.45) is 5.73 Å². The van der Waals surface area contributed by atoms with Gasteiger partial charge in [-0.15, -0.1) is 0 Å². The molecule has 0 fully saturated rings. The molecule has 0 unspecified atom stereocenters. The molecule has 0 saturated carbocycles. The lowest BCUT2D eigenvalue weighted by Gasteiger charge is -2.17. The standard InChI is InChI=1S/C23H18F6N4O3/c24-22(25,26)14-4-1-3-12(9-14)17-10-16-13(11-31-17)5-6-15-18(16)32-33(8-2-7-30)19(15)20(34)36-21(35)23(27,28)29/h1,3-4,9-11H,2,5-8,30H2. The predicted molar refractivity (Wildman–Crippen MR) is 113 cm³/mol. The van der Waals surface area contributed by atoms with E-state index in [1.54, 1.807) is 0 Å². The smallest absolute Gasteiger partial charge is 0.381 e. The molecule has 0 atom stereocenters. The maximum absolute atomic E-state index is 13.2. The van der Waals surface area contributed by atoms with Crippen molar-refractivity contribution < 1.29 is 40.7 Å². The molecule has 2 N–H and O–H groups in total. The second-order valence-electron chi connectivity index (χ2n) is 8.02. The predicted octanol–water partition coefficient (Wildman–Crippen LogP) is 4.32. The van der Waals surface area contributed by atoms with Crippen LogP contribution < -0.4 is 5.73 Å². The third-order valence-electron chi connectivity index (χ3n) is 5.61. The molecule has 1 aliphatic carbocycles. The van der Waals surface area contributed by atoms with Gasteiger partial charge in [-0.2, -0.15) is 31.4 Å². The quantitative estimate of drug-likeness (QED) is 0.311. The number of hydrogen-bond donors (Lipinski definition) is 1. The van der Waals surface area contributed by atoms with E-state index in [-0.39, 0.29) is 47.7 Å². The fourth-order valence-electron chi connectivity index (χ4n) is 3.95. The van der Waals surface area contributed by atoms with Crippen molar-refractivity contribution in [1.29, 1.82) is 0 Å². The van der Waals surface area contributed by atoms with Crippen molar-refractivity contribution in [2.45, 2.75) is 38.2 Å². The van der Waals surface area contributed by atoms with Crippen LogP contribution in [-0.4, -0.2) is 39.4 Å². The molecule has 2 heterocycles. The number of rotatable bonds is 5. The summed E-state index contributed by atoms with van der Waals surface area (Å²) in [7, 11) is 0. The highest BCUT2D eigenvalue weighted by atomic mass is 19.4. The Morgan fingerprint density at radius 2 is 1.83 bits per heavy atom. The van der Waals surface area contributed by atoms with Crippen molar-refractivity contribution in [2.75, 3.05) is 6.54 Å². The molecule has 0 bridgehead atoms. The number of alkyl halides is 6. The lowest BCUT2D eigenvalue weighted by molar-refractivity contribution is -0.193. The Bertz CT molecular complexity index is 1330. The molecular weight excluding hydrogens is 494 g/mol. The number of hydrogen-bond acceptors (Lipinski definition) is 6. The fourth-order valence-corrected chi connectivity index (χ4v) is 3.95. The van der Waals surface area contributed by atoms with Crippen molar-refractivity contribution in [1.82, 2.24) is 14.8 Å². The summed E-state index contributed by atoms with van der Waals surface area (Å²) in [4.78, 5) is 28.1. The minimum Gasteiger partial charge on any atom is -0.381 e. The molecule has 0 aliphatic heterocycles. The minimum atomic E-state index is -5.37. The summed E-state index contributed by atoms with van der Waals surface area (Å²) in [5.74, 6) is -4.15. The largest absolute Gasteiger partial charge is 0.491 e. The second-order valence-corrected chi connectivity index (χ2v) is 8.02. The molecule has 2 aromatic heterocycles. The molecule has 4 rings (SSSR count). The van der Waals surface area contributed by atoms with Gasteiger partial charge >= 0.3 is 24.3 Å². The molecule has 1 aliphatic rings. The van der Waals surface area contributed by atoms with Gasteiger partial charge in [-0.25, -0.2) is 9.59 Å². The number of esters is 2. The van der Waals surface area contributed by atoms with Crippen LogP contribution in [0.1, 0.15) is 33.6 Å². The Morgan fingerprint density at radius 3 is 2.50 bits per heavy atom. The van der Waals surface area contributed by atoms with Gasteiger partial charge in [0, 0.05) is 29.4 Å². The lowest BCUT2D eigenvalue weighted by Crippen LogP contribution is -2.29. The van der Waals surface area contributed by atoms with Crippen LogP contribution in [0, 0.1) is 0 Å². The number of fused-ring (bicyclic) bond motifs is 3. The lowest BCUT2D eigenvalue weighted by atomic mass is 9.89. The zero-order valence-electron chi connectivity index (χ0n) is 18.4. The van der Waals surface area contributed by atoms with Crippen molar-refractivity contribution in [3.8, 4) is 22.5 Å². The maximum Gasteiger partial charge on any atom is 0.491 e. The molecule has 7 nitrogen and oxygen atoms in total. The number of aromatic nitrogens is 3. The third-order valence-corrected chi connectivity index (χ3v) is 5.61. The van der Waals surface area contributed by atoms with Gasteiger partial charge in [0.2, 0.25) is 0 Å². The number of aryl methyl sites for hydroxylation is 2. The van der Waals surface area contributed by atoms with Crippen molar-refractivity contribution in [3.05, 3.63) is 58.9 Å². The van der Waals surface area contributed by atoms with E-state index in [1.807, 2.05) is 0 Å². The highest BCUT2D eigenvalue weighted by Gasteiger charge is 2.43. The van der Waals surface area contributed by atoms with Crippen LogP contribution in [0.15, 0.2) is 36.5 Å². The molecular formula is C23H18F6N4O3. The number of carbonyl (C=O) groups excluding carboxylic acids is 2. The van der Waals surface area contributed by atoms with E-state index in [0.717, 1.165) is 16.8 Å². The molecule has 0 saturated heterocycles. The van der Waals surface area contributed by atoms with Crippen LogP contribution in [-0.2, 0) is 35.1 Å². The molecule has 1 aromatic carbocycles. The van der Waals surface area contributed by atoms with Gasteiger partial charge < -0.3 is 10.5 Å². The Morgan fingerprint density at radius 1 is 1.08 bits per heavy atom. The summed E-state index contributed by atoms with van der Waals surface area (Å²) in [6.07, 6.45) is -7.59. The number of nitrogens with two attached hydrogens (primary N) is 1. The SMILES string of the molecule is NCCCn1nc2c(c1C(=O)OC(=O)C(F)(F)F)CCc1cnc(-c3cccc(C(F)(F)F)c3)cc1-2. The van der Waals surface area contributed by atoms with Crippen LogP contribution >= 0.6 is 0 Å². The molecule has 0 radical (unpaired) electrons. The van der Waals surface area contributed by atoms with E-state index in [0.29, 0.717) is 24.0 Å². The van der Waals surface area contributed by atoms with E-state index in [1.165, 1.54) is 24.4 Å². The van der Waals surface area contributed by atoms with Crippen molar-refractivity contribution >= 4 is 11.9 Å². The van der Waals surface area contributed by atoms with Gasteiger partial charge in [0.15, 0.2) is 5.69 Å². The summed E-state index contributed by atoms with van der Waals surface area (Å²) in [6, 6.07) is 6.10. The van der Waals surface area contributed by atoms with Gasteiger partial charge in [-0.3, -0.25) is 9.67 Å². The first kappa shape index (κ1) is 25.4. The van der Waals surface area contributed by atoms with E-state index in [2.05, 4.69) is 14.8 Å². The van der Waals surface area contributed by atoms with Gasteiger partial charge in [-0.1, -0.05) is 12.1 Å². The van der Waals surface area contributed by atoms with Crippen LogP contribution in [0.3, 0.4) is 0 Å². The number of ether oxygens (including phenoxy) is 1. The molecule has 0 amide bonds. The average Bonchev–Trinajstić information content (AvgIpc) is 3.20. The molecule has 0 spiro atoms. The summed E-state index contributed by atoms with van der Waals surface area (Å²) >= 11 is 0. The van der Waals surface area contributed by atoms with Crippen LogP contribution in [0.4, 0.5) is 26.3 Å². The highest BCUT2D eigenvalue weighted by molar-refractivity contribution is 5.99. The van der Waals surface area contributed by atoms with E-state index in [4.69, 9.17) is 5.73 Å². The summed E-state index contributed by atoms with van der Waals surface area (Å²) < 4.78 is 82.7. The minimum absolute atomic E-state index is 0.0645. The molecule has 3 aromatic rings. The topological polar surface area (TPSA) is 100 Å². The Labute approximate surface area is 199 Å². The van der Waals surface area contributed by atoms with E-state index in [9.17, 15) is 35.9 Å². The average molecular weight is 512 g/mol. The first-order valence-corrected chi connectivity index (χ1v) is 10.7. The fraction of sp³-hybridized carbons (Fsp3) is 0.304. The highest BCUT2D eigenvalue weighted by Crippen LogP contribution is 2.38. The third kappa shape index (κ3) is 4.96.